The summed E-state index contributed by atoms with van der Waals surface area (Å²) in [5, 5.41) is 4.44. The number of ether oxygens (including phenoxy) is 1. The second-order valence-electron chi connectivity index (χ2n) is 5.21. The molecule has 3 nitrogen and oxygen atoms in total. The second kappa shape index (κ2) is 5.29. The number of thiazole rings is 1. The van der Waals surface area contributed by atoms with E-state index in [0.29, 0.717) is 0 Å². The molecule has 20 heavy (non-hydrogen) atoms. The molecule has 104 valence electrons. The van der Waals surface area contributed by atoms with Crippen molar-refractivity contribution >= 4 is 22.2 Å². The normalized spacial score (nSPS) is 11.4. The van der Waals surface area contributed by atoms with Gasteiger partial charge in [-0.15, -0.1) is 11.3 Å². The number of hydrogen-bond acceptors (Lipinski definition) is 3. The van der Waals surface area contributed by atoms with Crippen LogP contribution in [-0.4, -0.2) is 15.7 Å². The van der Waals surface area contributed by atoms with E-state index in [4.69, 9.17) is 4.74 Å². The summed E-state index contributed by atoms with van der Waals surface area (Å²) >= 11 is 1.71. The standard InChI is InChI=1S/C16H18N2OS/c1-11(2)19-14-4-5-15-13(8-14)6-7-18(15)9-16-17-12(3)10-20-16/h4-8,10-11H,9H2,1-3H3. The fraction of sp³-hybridized carbons (Fsp3) is 0.312. The van der Waals surface area contributed by atoms with Gasteiger partial charge in [0.1, 0.15) is 10.8 Å². The fourth-order valence-electron chi connectivity index (χ4n) is 2.28. The molecule has 0 amide bonds. The van der Waals surface area contributed by atoms with Crippen molar-refractivity contribution in [3.8, 4) is 5.75 Å². The topological polar surface area (TPSA) is 27.1 Å². The third-order valence-electron chi connectivity index (χ3n) is 3.09. The summed E-state index contributed by atoms with van der Waals surface area (Å²) in [6.07, 6.45) is 2.31. The molecule has 0 radical (unpaired) electrons. The molecule has 0 atom stereocenters. The molecular formula is C16H18N2OS. The van der Waals surface area contributed by atoms with Crippen molar-refractivity contribution in [1.29, 1.82) is 0 Å². The van der Waals surface area contributed by atoms with Gasteiger partial charge in [0.25, 0.3) is 0 Å². The Bertz CT molecular complexity index is 727. The van der Waals surface area contributed by atoms with Crippen LogP contribution in [-0.2, 0) is 6.54 Å². The Balaban J connectivity index is 1.89. The van der Waals surface area contributed by atoms with Gasteiger partial charge in [-0.05, 0) is 45.0 Å². The summed E-state index contributed by atoms with van der Waals surface area (Å²) in [6, 6.07) is 8.38. The first kappa shape index (κ1) is 13.2. The molecule has 3 rings (SSSR count). The Morgan fingerprint density at radius 1 is 1.30 bits per heavy atom. The van der Waals surface area contributed by atoms with E-state index in [0.717, 1.165) is 23.0 Å². The van der Waals surface area contributed by atoms with Crippen LogP contribution in [0.5, 0.6) is 5.75 Å². The maximum Gasteiger partial charge on any atom is 0.120 e. The van der Waals surface area contributed by atoms with E-state index in [1.807, 2.05) is 26.8 Å². The molecule has 0 saturated heterocycles. The summed E-state index contributed by atoms with van der Waals surface area (Å²) in [6.45, 7) is 6.94. The molecule has 1 aromatic carbocycles. The molecule has 0 fully saturated rings. The van der Waals surface area contributed by atoms with Crippen molar-refractivity contribution in [2.45, 2.75) is 33.4 Å². The van der Waals surface area contributed by atoms with E-state index in [1.165, 1.54) is 10.9 Å². The zero-order valence-corrected chi connectivity index (χ0v) is 12.8. The van der Waals surface area contributed by atoms with Crippen LogP contribution in [0.3, 0.4) is 0 Å². The third-order valence-corrected chi connectivity index (χ3v) is 4.04. The lowest BCUT2D eigenvalue weighted by atomic mass is 10.2. The van der Waals surface area contributed by atoms with Crippen molar-refractivity contribution in [2.75, 3.05) is 0 Å². The monoisotopic (exact) mass is 286 g/mol. The number of aromatic nitrogens is 2. The van der Waals surface area contributed by atoms with Gasteiger partial charge in [-0.25, -0.2) is 4.98 Å². The second-order valence-corrected chi connectivity index (χ2v) is 6.16. The van der Waals surface area contributed by atoms with Crippen LogP contribution in [0, 0.1) is 6.92 Å². The van der Waals surface area contributed by atoms with Crippen LogP contribution in [0.4, 0.5) is 0 Å². The predicted octanol–water partition coefficient (Wildman–Crippen LogP) is 4.24. The Morgan fingerprint density at radius 2 is 2.15 bits per heavy atom. The quantitative estimate of drug-likeness (QED) is 0.717. The zero-order chi connectivity index (χ0) is 14.1. The average molecular weight is 286 g/mol. The number of aryl methyl sites for hydroxylation is 1. The van der Waals surface area contributed by atoms with Gasteiger partial charge in [-0.1, -0.05) is 0 Å². The molecule has 4 heteroatoms. The molecule has 0 N–H and O–H groups in total. The number of hydrogen-bond donors (Lipinski definition) is 0. The lowest BCUT2D eigenvalue weighted by Crippen LogP contribution is -2.05. The highest BCUT2D eigenvalue weighted by Crippen LogP contribution is 2.24. The van der Waals surface area contributed by atoms with Crippen LogP contribution in [0.1, 0.15) is 24.5 Å². The number of nitrogens with zero attached hydrogens (tertiary/aromatic N) is 2. The van der Waals surface area contributed by atoms with E-state index in [-0.39, 0.29) is 6.10 Å². The van der Waals surface area contributed by atoms with Crippen molar-refractivity contribution in [2.24, 2.45) is 0 Å². The highest BCUT2D eigenvalue weighted by atomic mass is 32.1. The lowest BCUT2D eigenvalue weighted by molar-refractivity contribution is 0.243. The summed E-state index contributed by atoms with van der Waals surface area (Å²) in [7, 11) is 0. The Kier molecular flexibility index (Phi) is 3.49. The van der Waals surface area contributed by atoms with Gasteiger partial charge in [0.05, 0.1) is 12.6 Å². The largest absolute Gasteiger partial charge is 0.491 e. The maximum absolute atomic E-state index is 5.73. The highest BCUT2D eigenvalue weighted by molar-refractivity contribution is 7.09. The summed E-state index contributed by atoms with van der Waals surface area (Å²) in [5.41, 5.74) is 2.31. The lowest BCUT2D eigenvalue weighted by Gasteiger charge is -2.10. The van der Waals surface area contributed by atoms with E-state index in [9.17, 15) is 0 Å². The minimum Gasteiger partial charge on any atom is -0.491 e. The van der Waals surface area contributed by atoms with E-state index in [2.05, 4.69) is 39.3 Å². The van der Waals surface area contributed by atoms with E-state index in [1.54, 1.807) is 11.3 Å². The van der Waals surface area contributed by atoms with Crippen LogP contribution < -0.4 is 4.74 Å². The number of benzene rings is 1. The van der Waals surface area contributed by atoms with Crippen molar-refractivity contribution in [1.82, 2.24) is 9.55 Å². The smallest absolute Gasteiger partial charge is 0.120 e. The molecule has 0 bridgehead atoms. The van der Waals surface area contributed by atoms with Crippen LogP contribution in [0.2, 0.25) is 0 Å². The highest BCUT2D eigenvalue weighted by Gasteiger charge is 2.06. The van der Waals surface area contributed by atoms with Gasteiger partial charge >= 0.3 is 0 Å². The summed E-state index contributed by atoms with van der Waals surface area (Å²) < 4.78 is 7.96. The predicted molar refractivity (Wildman–Crippen MR) is 83.7 cm³/mol. The molecule has 0 saturated carbocycles. The van der Waals surface area contributed by atoms with Gasteiger partial charge in [0.2, 0.25) is 0 Å². The fourth-order valence-corrected chi connectivity index (χ4v) is 3.05. The Morgan fingerprint density at radius 3 is 2.85 bits per heavy atom. The number of fused-ring (bicyclic) bond motifs is 1. The van der Waals surface area contributed by atoms with Gasteiger partial charge in [-0.2, -0.15) is 0 Å². The maximum atomic E-state index is 5.73. The Hall–Kier alpha value is -1.81. The van der Waals surface area contributed by atoms with Crippen LogP contribution >= 0.6 is 11.3 Å². The van der Waals surface area contributed by atoms with Crippen molar-refractivity contribution in [3.05, 3.63) is 46.5 Å². The third kappa shape index (κ3) is 2.70. The molecule has 0 aliphatic heterocycles. The molecule has 3 aromatic rings. The summed E-state index contributed by atoms with van der Waals surface area (Å²) in [4.78, 5) is 4.52. The molecule has 2 aromatic heterocycles. The van der Waals surface area contributed by atoms with Crippen LogP contribution in [0.15, 0.2) is 35.8 Å². The molecule has 0 unspecified atom stereocenters. The molecule has 0 spiro atoms. The zero-order valence-electron chi connectivity index (χ0n) is 12.0. The average Bonchev–Trinajstić information content (AvgIpc) is 2.96. The Labute approximate surface area is 122 Å². The SMILES string of the molecule is Cc1csc(Cn2ccc3cc(OC(C)C)ccc32)n1. The first-order valence-electron chi connectivity index (χ1n) is 6.78. The van der Waals surface area contributed by atoms with E-state index < -0.39 is 0 Å². The molecular weight excluding hydrogens is 268 g/mol. The van der Waals surface area contributed by atoms with Crippen molar-refractivity contribution in [3.63, 3.8) is 0 Å². The van der Waals surface area contributed by atoms with E-state index >= 15 is 0 Å². The minimum atomic E-state index is 0.202. The molecule has 2 heterocycles. The van der Waals surface area contributed by atoms with Gasteiger partial charge in [0, 0.05) is 28.2 Å². The van der Waals surface area contributed by atoms with Gasteiger partial charge < -0.3 is 9.30 Å². The number of rotatable bonds is 4. The van der Waals surface area contributed by atoms with Crippen LogP contribution in [0.25, 0.3) is 10.9 Å². The van der Waals surface area contributed by atoms with Crippen molar-refractivity contribution < 1.29 is 4.74 Å². The molecule has 0 aliphatic carbocycles. The molecule has 0 aliphatic rings. The summed E-state index contributed by atoms with van der Waals surface area (Å²) in [5.74, 6) is 0.926. The minimum absolute atomic E-state index is 0.202. The first-order valence-corrected chi connectivity index (χ1v) is 7.66. The van der Waals surface area contributed by atoms with Gasteiger partial charge in [0.15, 0.2) is 0 Å². The first-order chi connectivity index (χ1) is 9.61. The van der Waals surface area contributed by atoms with Gasteiger partial charge in [-0.3, -0.25) is 0 Å².